The lowest BCUT2D eigenvalue weighted by Crippen LogP contribution is -2.41. The summed E-state index contributed by atoms with van der Waals surface area (Å²) in [5.41, 5.74) is 0. The third-order valence-corrected chi connectivity index (χ3v) is 4.62. The van der Waals surface area contributed by atoms with Crippen LogP contribution < -0.4 is 5.32 Å². The standard InChI is InChI=1S/C12H27NO2S/c1-5-8-13-12(6-2)11(3)16(14)10-7-9-15-4/h11-13H,5-10H2,1-4H3. The van der Waals surface area contributed by atoms with Crippen molar-refractivity contribution in [2.75, 3.05) is 26.0 Å². The molecule has 0 aromatic rings. The summed E-state index contributed by atoms with van der Waals surface area (Å²) in [6.45, 7) is 8.10. The minimum atomic E-state index is -0.742. The summed E-state index contributed by atoms with van der Waals surface area (Å²) in [6.07, 6.45) is 3.05. The number of hydrogen-bond acceptors (Lipinski definition) is 3. The van der Waals surface area contributed by atoms with E-state index in [0.29, 0.717) is 12.6 Å². The Kier molecular flexibility index (Phi) is 10.3. The predicted molar refractivity (Wildman–Crippen MR) is 71.3 cm³/mol. The molecule has 0 amide bonds. The van der Waals surface area contributed by atoms with E-state index in [1.165, 1.54) is 0 Å². The van der Waals surface area contributed by atoms with Crippen LogP contribution in [0, 0.1) is 0 Å². The Morgan fingerprint density at radius 3 is 2.56 bits per heavy atom. The molecule has 0 bridgehead atoms. The van der Waals surface area contributed by atoms with E-state index in [-0.39, 0.29) is 5.25 Å². The summed E-state index contributed by atoms with van der Waals surface area (Å²) < 4.78 is 17.0. The summed E-state index contributed by atoms with van der Waals surface area (Å²) in [7, 11) is 0.942. The maximum Gasteiger partial charge on any atom is 0.0472 e. The lowest BCUT2D eigenvalue weighted by atomic mass is 10.1. The highest BCUT2D eigenvalue weighted by molar-refractivity contribution is 7.85. The van der Waals surface area contributed by atoms with Gasteiger partial charge in [-0.3, -0.25) is 4.21 Å². The molecule has 1 N–H and O–H groups in total. The van der Waals surface area contributed by atoms with Gasteiger partial charge in [0.1, 0.15) is 0 Å². The molecule has 0 spiro atoms. The predicted octanol–water partition coefficient (Wildman–Crippen LogP) is 1.94. The largest absolute Gasteiger partial charge is 0.385 e. The van der Waals surface area contributed by atoms with E-state index in [2.05, 4.69) is 26.1 Å². The Labute approximate surface area is 103 Å². The summed E-state index contributed by atoms with van der Waals surface area (Å²) in [6, 6.07) is 0.378. The van der Waals surface area contributed by atoms with Gasteiger partial charge >= 0.3 is 0 Å². The second kappa shape index (κ2) is 10.2. The second-order valence-electron chi connectivity index (χ2n) is 4.11. The third-order valence-electron chi connectivity index (χ3n) is 2.77. The molecule has 3 unspecified atom stereocenters. The van der Waals surface area contributed by atoms with Crippen LogP contribution in [0.15, 0.2) is 0 Å². The molecule has 98 valence electrons. The van der Waals surface area contributed by atoms with Gasteiger partial charge in [-0.25, -0.2) is 0 Å². The average molecular weight is 249 g/mol. The van der Waals surface area contributed by atoms with E-state index in [1.54, 1.807) is 7.11 Å². The number of hydrogen-bond donors (Lipinski definition) is 1. The van der Waals surface area contributed by atoms with Crippen molar-refractivity contribution in [1.82, 2.24) is 5.32 Å². The van der Waals surface area contributed by atoms with E-state index in [0.717, 1.165) is 31.6 Å². The molecule has 0 saturated heterocycles. The van der Waals surface area contributed by atoms with E-state index in [4.69, 9.17) is 4.74 Å². The van der Waals surface area contributed by atoms with E-state index >= 15 is 0 Å². The van der Waals surface area contributed by atoms with Crippen LogP contribution in [0.25, 0.3) is 0 Å². The first kappa shape index (κ1) is 16.1. The monoisotopic (exact) mass is 249 g/mol. The molecule has 0 radical (unpaired) electrons. The van der Waals surface area contributed by atoms with Crippen LogP contribution in [0.1, 0.15) is 40.0 Å². The van der Waals surface area contributed by atoms with Crippen molar-refractivity contribution < 1.29 is 8.95 Å². The van der Waals surface area contributed by atoms with E-state index in [9.17, 15) is 4.21 Å². The highest BCUT2D eigenvalue weighted by Gasteiger charge is 2.19. The first-order valence-electron chi connectivity index (χ1n) is 6.26. The Morgan fingerprint density at radius 2 is 2.06 bits per heavy atom. The minimum absolute atomic E-state index is 0.230. The lowest BCUT2D eigenvalue weighted by Gasteiger charge is -2.23. The summed E-state index contributed by atoms with van der Waals surface area (Å²) >= 11 is 0. The number of nitrogens with one attached hydrogen (secondary N) is 1. The molecule has 0 aromatic carbocycles. The van der Waals surface area contributed by atoms with Gasteiger partial charge in [0.2, 0.25) is 0 Å². The van der Waals surface area contributed by atoms with Crippen LogP contribution in [0.5, 0.6) is 0 Å². The zero-order valence-electron chi connectivity index (χ0n) is 11.1. The molecule has 0 aliphatic heterocycles. The molecule has 4 heteroatoms. The van der Waals surface area contributed by atoms with Gasteiger partial charge in [-0.1, -0.05) is 13.8 Å². The summed E-state index contributed by atoms with van der Waals surface area (Å²) in [5, 5.41) is 3.70. The Bertz CT molecular complexity index is 188. The van der Waals surface area contributed by atoms with Crippen molar-refractivity contribution in [3.63, 3.8) is 0 Å². The van der Waals surface area contributed by atoms with Gasteiger partial charge in [0.25, 0.3) is 0 Å². The summed E-state index contributed by atoms with van der Waals surface area (Å²) in [4.78, 5) is 0. The van der Waals surface area contributed by atoms with Gasteiger partial charge in [0, 0.05) is 41.6 Å². The fraction of sp³-hybridized carbons (Fsp3) is 1.00. The molecular weight excluding hydrogens is 222 g/mol. The fourth-order valence-electron chi connectivity index (χ4n) is 1.69. The van der Waals surface area contributed by atoms with Gasteiger partial charge in [0.05, 0.1) is 0 Å². The third kappa shape index (κ3) is 6.61. The zero-order chi connectivity index (χ0) is 12.4. The zero-order valence-corrected chi connectivity index (χ0v) is 11.9. The normalized spacial score (nSPS) is 17.0. The number of methoxy groups -OCH3 is 1. The second-order valence-corrected chi connectivity index (χ2v) is 6.02. The van der Waals surface area contributed by atoms with Gasteiger partial charge in [-0.05, 0) is 32.7 Å². The maximum absolute atomic E-state index is 12.0. The van der Waals surface area contributed by atoms with Gasteiger partial charge in [-0.15, -0.1) is 0 Å². The van der Waals surface area contributed by atoms with Crippen LogP contribution >= 0.6 is 0 Å². The van der Waals surface area contributed by atoms with Crippen molar-refractivity contribution in [3.8, 4) is 0 Å². The Morgan fingerprint density at radius 1 is 1.38 bits per heavy atom. The molecule has 0 aromatic heterocycles. The SMILES string of the molecule is CCCNC(CC)C(C)S(=O)CCCOC. The number of rotatable bonds is 10. The number of ether oxygens (including phenoxy) is 1. The van der Waals surface area contributed by atoms with Crippen molar-refractivity contribution in [2.24, 2.45) is 0 Å². The lowest BCUT2D eigenvalue weighted by molar-refractivity contribution is 0.200. The van der Waals surface area contributed by atoms with Crippen LogP contribution in [0.4, 0.5) is 0 Å². The molecular formula is C12H27NO2S. The van der Waals surface area contributed by atoms with Crippen molar-refractivity contribution in [3.05, 3.63) is 0 Å². The van der Waals surface area contributed by atoms with Crippen LogP contribution in [0.3, 0.4) is 0 Å². The molecule has 16 heavy (non-hydrogen) atoms. The smallest absolute Gasteiger partial charge is 0.0472 e. The molecule has 0 rings (SSSR count). The van der Waals surface area contributed by atoms with Crippen LogP contribution in [0.2, 0.25) is 0 Å². The maximum atomic E-state index is 12.0. The Hall–Kier alpha value is 0.0700. The van der Waals surface area contributed by atoms with Crippen molar-refractivity contribution in [1.29, 1.82) is 0 Å². The van der Waals surface area contributed by atoms with Crippen LogP contribution in [-0.4, -0.2) is 41.5 Å². The highest BCUT2D eigenvalue weighted by atomic mass is 32.2. The van der Waals surface area contributed by atoms with Crippen LogP contribution in [-0.2, 0) is 15.5 Å². The van der Waals surface area contributed by atoms with Crippen molar-refractivity contribution >= 4 is 10.8 Å². The van der Waals surface area contributed by atoms with Gasteiger partial charge in [0.15, 0.2) is 0 Å². The van der Waals surface area contributed by atoms with E-state index in [1.807, 2.05) is 0 Å². The van der Waals surface area contributed by atoms with E-state index < -0.39 is 10.8 Å². The fourth-order valence-corrected chi connectivity index (χ4v) is 3.12. The van der Waals surface area contributed by atoms with Gasteiger partial charge in [-0.2, -0.15) is 0 Å². The Balaban J connectivity index is 3.95. The molecule has 0 aliphatic carbocycles. The molecule has 3 atom stereocenters. The van der Waals surface area contributed by atoms with Crippen molar-refractivity contribution in [2.45, 2.75) is 51.3 Å². The first-order valence-corrected chi connectivity index (χ1v) is 7.65. The molecule has 0 heterocycles. The highest BCUT2D eigenvalue weighted by Crippen LogP contribution is 2.07. The summed E-state index contributed by atoms with van der Waals surface area (Å²) in [5.74, 6) is 0.749. The topological polar surface area (TPSA) is 38.3 Å². The average Bonchev–Trinajstić information content (AvgIpc) is 2.30. The molecule has 0 saturated carbocycles. The molecule has 0 aliphatic rings. The minimum Gasteiger partial charge on any atom is -0.385 e. The first-order chi connectivity index (χ1) is 7.67. The quantitative estimate of drug-likeness (QED) is 0.601. The van der Waals surface area contributed by atoms with Gasteiger partial charge < -0.3 is 10.1 Å². The molecule has 0 fully saturated rings. The molecule has 3 nitrogen and oxygen atoms in total.